The van der Waals surface area contributed by atoms with Crippen LogP contribution < -0.4 is 5.32 Å². The van der Waals surface area contributed by atoms with Crippen molar-refractivity contribution in [1.82, 2.24) is 4.98 Å². The van der Waals surface area contributed by atoms with Gasteiger partial charge < -0.3 is 10.4 Å². The smallest absolute Gasteiger partial charge is 0.335 e. The first-order valence-electron chi connectivity index (χ1n) is 5.69. The van der Waals surface area contributed by atoms with Gasteiger partial charge in [0.1, 0.15) is 0 Å². The summed E-state index contributed by atoms with van der Waals surface area (Å²) in [4.78, 5) is 27.0. The Kier molecular flexibility index (Phi) is 4.51. The van der Waals surface area contributed by atoms with E-state index >= 15 is 0 Å². The van der Waals surface area contributed by atoms with E-state index in [9.17, 15) is 9.59 Å². The Morgan fingerprint density at radius 1 is 1.40 bits per heavy atom. The van der Waals surface area contributed by atoms with E-state index in [1.54, 1.807) is 6.07 Å². The first-order chi connectivity index (χ1) is 9.44. The molecule has 20 heavy (non-hydrogen) atoms. The number of thiazole rings is 1. The highest BCUT2D eigenvalue weighted by Crippen LogP contribution is 2.20. The quantitative estimate of drug-likeness (QED) is 0.883. The van der Waals surface area contributed by atoms with Crippen LogP contribution in [0, 0.1) is 6.92 Å². The first kappa shape index (κ1) is 14.7. The predicted molar refractivity (Wildman–Crippen MR) is 80.3 cm³/mol. The van der Waals surface area contributed by atoms with Crippen molar-refractivity contribution in [2.24, 2.45) is 0 Å². The molecule has 0 fully saturated rings. The zero-order valence-corrected chi connectivity index (χ0v) is 12.9. The molecule has 0 saturated heterocycles. The summed E-state index contributed by atoms with van der Waals surface area (Å²) in [5, 5.41) is 14.4. The summed E-state index contributed by atoms with van der Waals surface area (Å²) >= 11 is 4.70. The third kappa shape index (κ3) is 3.88. The Balaban J connectivity index is 2.09. The van der Waals surface area contributed by atoms with Crippen LogP contribution in [0.15, 0.2) is 28.1 Å². The highest BCUT2D eigenvalue weighted by atomic mass is 79.9. The molecule has 104 valence electrons. The SMILES string of the molecule is Cc1nc(CC(=O)Nc2cc(Br)cc(C(=O)O)c2)cs1. The molecular weight excluding hydrogens is 344 g/mol. The van der Waals surface area contributed by atoms with Gasteiger partial charge in [-0.05, 0) is 25.1 Å². The number of aromatic nitrogens is 1. The average molecular weight is 355 g/mol. The number of carboxylic acids is 1. The lowest BCUT2D eigenvalue weighted by Crippen LogP contribution is -2.15. The molecule has 0 bridgehead atoms. The van der Waals surface area contributed by atoms with Crippen molar-refractivity contribution in [3.05, 3.63) is 44.3 Å². The van der Waals surface area contributed by atoms with Crippen molar-refractivity contribution in [3.63, 3.8) is 0 Å². The van der Waals surface area contributed by atoms with Gasteiger partial charge in [0.15, 0.2) is 0 Å². The number of amides is 1. The molecule has 2 N–H and O–H groups in total. The van der Waals surface area contributed by atoms with Gasteiger partial charge in [-0.1, -0.05) is 15.9 Å². The number of carbonyl (C=O) groups is 2. The van der Waals surface area contributed by atoms with Gasteiger partial charge in [0, 0.05) is 15.5 Å². The number of benzene rings is 1. The summed E-state index contributed by atoms with van der Waals surface area (Å²) in [5.74, 6) is -1.28. The molecule has 0 aliphatic heterocycles. The standard InChI is InChI=1S/C13H11BrN2O3S/c1-7-15-11(6-20-7)5-12(17)16-10-3-8(13(18)19)2-9(14)4-10/h2-4,6H,5H2,1H3,(H,16,17)(H,18,19). The molecule has 0 atom stereocenters. The molecule has 0 saturated carbocycles. The molecule has 1 amide bonds. The second-order valence-corrected chi connectivity index (χ2v) is 6.09. The lowest BCUT2D eigenvalue weighted by Gasteiger charge is -2.06. The molecule has 0 spiro atoms. The first-order valence-corrected chi connectivity index (χ1v) is 7.36. The molecule has 7 heteroatoms. The van der Waals surface area contributed by atoms with Crippen LogP contribution in [0.4, 0.5) is 5.69 Å². The fraction of sp³-hybridized carbons (Fsp3) is 0.154. The van der Waals surface area contributed by atoms with Crippen molar-refractivity contribution >= 4 is 44.8 Å². The third-order valence-electron chi connectivity index (χ3n) is 2.44. The van der Waals surface area contributed by atoms with Gasteiger partial charge in [-0.15, -0.1) is 11.3 Å². The number of nitrogens with zero attached hydrogens (tertiary/aromatic N) is 1. The minimum atomic E-state index is -1.04. The van der Waals surface area contributed by atoms with E-state index < -0.39 is 5.97 Å². The van der Waals surface area contributed by atoms with Gasteiger partial charge in [-0.25, -0.2) is 9.78 Å². The minimum Gasteiger partial charge on any atom is -0.478 e. The van der Waals surface area contributed by atoms with E-state index in [2.05, 4.69) is 26.2 Å². The molecule has 1 aromatic carbocycles. The lowest BCUT2D eigenvalue weighted by molar-refractivity contribution is -0.115. The Hall–Kier alpha value is -1.73. The molecule has 5 nitrogen and oxygen atoms in total. The van der Waals surface area contributed by atoms with Crippen molar-refractivity contribution < 1.29 is 14.7 Å². The summed E-state index contributed by atoms with van der Waals surface area (Å²) in [6.07, 6.45) is 0.166. The van der Waals surface area contributed by atoms with E-state index in [0.717, 1.165) is 5.01 Å². The number of nitrogens with one attached hydrogen (secondary N) is 1. The number of aryl methyl sites for hydroxylation is 1. The second-order valence-electron chi connectivity index (χ2n) is 4.12. The molecule has 1 heterocycles. The molecule has 2 aromatic rings. The fourth-order valence-electron chi connectivity index (χ4n) is 1.64. The highest BCUT2D eigenvalue weighted by Gasteiger charge is 2.10. The predicted octanol–water partition coefficient (Wildman–Crippen LogP) is 3.09. The Bertz CT molecular complexity index is 669. The van der Waals surface area contributed by atoms with Gasteiger partial charge in [-0.3, -0.25) is 4.79 Å². The number of anilines is 1. The Morgan fingerprint density at radius 2 is 2.15 bits per heavy atom. The Labute approximate surface area is 127 Å². The van der Waals surface area contributed by atoms with Gasteiger partial charge in [0.2, 0.25) is 5.91 Å². The van der Waals surface area contributed by atoms with Crippen LogP contribution in [0.1, 0.15) is 21.1 Å². The normalized spacial score (nSPS) is 10.3. The maximum Gasteiger partial charge on any atom is 0.335 e. The van der Waals surface area contributed by atoms with E-state index in [4.69, 9.17) is 5.11 Å². The monoisotopic (exact) mass is 354 g/mol. The molecule has 0 aliphatic rings. The zero-order valence-electron chi connectivity index (χ0n) is 10.5. The fourth-order valence-corrected chi connectivity index (χ4v) is 2.75. The minimum absolute atomic E-state index is 0.110. The lowest BCUT2D eigenvalue weighted by atomic mass is 10.2. The number of carboxylic acid groups (broad SMARTS) is 1. The number of halogens is 1. The molecule has 0 unspecified atom stereocenters. The van der Waals surface area contributed by atoms with Crippen LogP contribution in [-0.4, -0.2) is 22.0 Å². The van der Waals surface area contributed by atoms with Crippen LogP contribution in [0.3, 0.4) is 0 Å². The van der Waals surface area contributed by atoms with Gasteiger partial charge in [0.05, 0.1) is 22.7 Å². The van der Waals surface area contributed by atoms with E-state index in [-0.39, 0.29) is 17.9 Å². The topological polar surface area (TPSA) is 79.3 Å². The molecule has 0 aliphatic carbocycles. The Morgan fingerprint density at radius 3 is 2.75 bits per heavy atom. The van der Waals surface area contributed by atoms with Crippen LogP contribution in [0.2, 0.25) is 0 Å². The van der Waals surface area contributed by atoms with Crippen LogP contribution in [-0.2, 0) is 11.2 Å². The second kappa shape index (κ2) is 6.15. The zero-order chi connectivity index (χ0) is 14.7. The number of carbonyl (C=O) groups excluding carboxylic acids is 1. The van der Waals surface area contributed by atoms with Crippen molar-refractivity contribution in [2.45, 2.75) is 13.3 Å². The van der Waals surface area contributed by atoms with Gasteiger partial charge in [-0.2, -0.15) is 0 Å². The number of hydrogen-bond acceptors (Lipinski definition) is 4. The summed E-state index contributed by atoms with van der Waals surface area (Å²) in [6.45, 7) is 1.87. The summed E-state index contributed by atoms with van der Waals surface area (Å²) < 4.78 is 0.595. The maximum atomic E-state index is 11.9. The average Bonchev–Trinajstić information content (AvgIpc) is 2.73. The van der Waals surface area contributed by atoms with Crippen molar-refractivity contribution in [1.29, 1.82) is 0 Å². The summed E-state index contributed by atoms with van der Waals surface area (Å²) in [5.41, 5.74) is 1.26. The van der Waals surface area contributed by atoms with Crippen LogP contribution >= 0.6 is 27.3 Å². The van der Waals surface area contributed by atoms with Crippen LogP contribution in [0.25, 0.3) is 0 Å². The highest BCUT2D eigenvalue weighted by molar-refractivity contribution is 9.10. The summed E-state index contributed by atoms with van der Waals surface area (Å²) in [6, 6.07) is 4.54. The van der Waals surface area contributed by atoms with E-state index in [1.807, 2.05) is 12.3 Å². The van der Waals surface area contributed by atoms with Gasteiger partial charge >= 0.3 is 5.97 Å². The number of hydrogen-bond donors (Lipinski definition) is 2. The van der Waals surface area contributed by atoms with Crippen molar-refractivity contribution in [3.8, 4) is 0 Å². The van der Waals surface area contributed by atoms with Gasteiger partial charge in [0.25, 0.3) is 0 Å². The number of rotatable bonds is 4. The van der Waals surface area contributed by atoms with Crippen LogP contribution in [0.5, 0.6) is 0 Å². The number of aromatic carboxylic acids is 1. The van der Waals surface area contributed by atoms with Crippen molar-refractivity contribution in [2.75, 3.05) is 5.32 Å². The molecule has 2 rings (SSSR count). The molecule has 0 radical (unpaired) electrons. The van der Waals surface area contributed by atoms with E-state index in [0.29, 0.717) is 15.9 Å². The third-order valence-corrected chi connectivity index (χ3v) is 3.72. The van der Waals surface area contributed by atoms with E-state index in [1.165, 1.54) is 23.5 Å². The molecular formula is C13H11BrN2O3S. The largest absolute Gasteiger partial charge is 0.478 e. The molecule has 1 aromatic heterocycles. The maximum absolute atomic E-state index is 11.9. The summed E-state index contributed by atoms with van der Waals surface area (Å²) in [7, 11) is 0.